The van der Waals surface area contributed by atoms with Crippen molar-refractivity contribution < 1.29 is 19.0 Å². The predicted octanol–water partition coefficient (Wildman–Crippen LogP) is 8.86. The van der Waals surface area contributed by atoms with E-state index < -0.39 is 5.91 Å². The molecule has 1 N–H and O–H groups in total. The highest BCUT2D eigenvalue weighted by Crippen LogP contribution is 2.38. The summed E-state index contributed by atoms with van der Waals surface area (Å²) in [5.41, 5.74) is 2.85. The van der Waals surface area contributed by atoms with Crippen molar-refractivity contribution in [1.29, 1.82) is 5.26 Å². The van der Waals surface area contributed by atoms with Crippen LogP contribution in [0.3, 0.4) is 0 Å². The third-order valence-electron chi connectivity index (χ3n) is 5.76. The molecule has 0 aliphatic carbocycles. The minimum Gasteiger partial charge on any atom is -0.490 e. The van der Waals surface area contributed by atoms with Crippen LogP contribution in [0.5, 0.6) is 17.2 Å². The lowest BCUT2D eigenvalue weighted by Gasteiger charge is -2.15. The smallest absolute Gasteiger partial charge is 0.266 e. The van der Waals surface area contributed by atoms with Crippen LogP contribution in [0.15, 0.2) is 95.0 Å². The summed E-state index contributed by atoms with van der Waals surface area (Å²) in [7, 11) is 0. The van der Waals surface area contributed by atoms with Gasteiger partial charge in [-0.25, -0.2) is 0 Å². The molecule has 0 aromatic heterocycles. The first kappa shape index (κ1) is 30.0. The second-order valence-electron chi connectivity index (χ2n) is 8.71. The Hall–Kier alpha value is -3.96. The number of rotatable bonds is 11. The van der Waals surface area contributed by atoms with E-state index in [2.05, 4.69) is 21.2 Å². The van der Waals surface area contributed by atoms with E-state index >= 15 is 0 Å². The first-order chi connectivity index (χ1) is 19.9. The molecule has 0 saturated heterocycles. The standard InChI is InChI=1S/C32H25BrCl2N2O4/c1-2-39-30-16-22(15-28(33)31(30)41-19-21-6-4-3-5-7-21)14-24(18-36)32(38)37-26-10-12-27(13-11-26)40-20-23-8-9-25(34)17-29(23)35/h3-17H,2,19-20H2,1H3,(H,37,38)/b24-14+. The fourth-order valence-electron chi connectivity index (χ4n) is 3.75. The third-order valence-corrected chi connectivity index (χ3v) is 6.93. The Bertz CT molecular complexity index is 1590. The number of nitriles is 1. The van der Waals surface area contributed by atoms with Gasteiger partial charge >= 0.3 is 0 Å². The summed E-state index contributed by atoms with van der Waals surface area (Å²) in [5, 5.41) is 13.5. The molecule has 0 fully saturated rings. The van der Waals surface area contributed by atoms with Crippen LogP contribution in [0.4, 0.5) is 5.69 Å². The summed E-state index contributed by atoms with van der Waals surface area (Å²) >= 11 is 15.7. The molecule has 0 bridgehead atoms. The highest BCUT2D eigenvalue weighted by atomic mass is 79.9. The van der Waals surface area contributed by atoms with E-state index in [1.54, 1.807) is 54.6 Å². The molecule has 0 saturated carbocycles. The van der Waals surface area contributed by atoms with E-state index in [1.807, 2.05) is 43.3 Å². The SMILES string of the molecule is CCOc1cc(/C=C(\C#N)C(=O)Nc2ccc(OCc3ccc(Cl)cc3Cl)cc2)cc(Br)c1OCc1ccccc1. The van der Waals surface area contributed by atoms with E-state index in [0.717, 1.165) is 11.1 Å². The number of carbonyl (C=O) groups excluding carboxylic acids is 1. The van der Waals surface area contributed by atoms with E-state index in [-0.39, 0.29) is 12.2 Å². The summed E-state index contributed by atoms with van der Waals surface area (Å²) in [6.45, 7) is 2.91. The van der Waals surface area contributed by atoms with Gasteiger partial charge in [-0.15, -0.1) is 0 Å². The van der Waals surface area contributed by atoms with Crippen molar-refractivity contribution in [2.45, 2.75) is 20.1 Å². The van der Waals surface area contributed by atoms with E-state index in [1.165, 1.54) is 6.08 Å². The zero-order chi connectivity index (χ0) is 29.2. The Morgan fingerprint density at radius 2 is 1.71 bits per heavy atom. The van der Waals surface area contributed by atoms with Crippen LogP contribution < -0.4 is 19.5 Å². The van der Waals surface area contributed by atoms with Gasteiger partial charge in [0.05, 0.1) is 11.1 Å². The maximum absolute atomic E-state index is 12.9. The highest BCUT2D eigenvalue weighted by Gasteiger charge is 2.15. The molecule has 6 nitrogen and oxygen atoms in total. The van der Waals surface area contributed by atoms with Crippen molar-refractivity contribution in [2.75, 3.05) is 11.9 Å². The zero-order valence-corrected chi connectivity index (χ0v) is 25.1. The van der Waals surface area contributed by atoms with E-state index in [0.29, 0.717) is 56.2 Å². The number of carbonyl (C=O) groups is 1. The van der Waals surface area contributed by atoms with Crippen LogP contribution in [-0.2, 0) is 18.0 Å². The van der Waals surface area contributed by atoms with Gasteiger partial charge in [0.25, 0.3) is 5.91 Å². The van der Waals surface area contributed by atoms with Crippen molar-refractivity contribution >= 4 is 56.8 Å². The number of ether oxygens (including phenoxy) is 3. The number of benzene rings is 4. The molecule has 4 aromatic rings. The van der Waals surface area contributed by atoms with Gasteiger partial charge in [-0.1, -0.05) is 59.6 Å². The third kappa shape index (κ3) is 8.51. The fourth-order valence-corrected chi connectivity index (χ4v) is 4.79. The second-order valence-corrected chi connectivity index (χ2v) is 10.4. The molecule has 0 heterocycles. The number of anilines is 1. The van der Waals surface area contributed by atoms with Gasteiger partial charge < -0.3 is 19.5 Å². The number of amides is 1. The summed E-state index contributed by atoms with van der Waals surface area (Å²) in [5.74, 6) is 1.08. The molecule has 208 valence electrons. The Kier molecular flexibility index (Phi) is 10.7. The molecule has 0 aliphatic heterocycles. The van der Waals surface area contributed by atoms with Gasteiger partial charge in [-0.3, -0.25) is 4.79 Å². The average molecular weight is 652 g/mol. The summed E-state index contributed by atoms with van der Waals surface area (Å²) in [6, 6.07) is 27.3. The van der Waals surface area contributed by atoms with Gasteiger partial charge in [0.1, 0.15) is 30.6 Å². The molecule has 4 rings (SSSR count). The van der Waals surface area contributed by atoms with Crippen molar-refractivity contribution in [3.8, 4) is 23.3 Å². The number of hydrogen-bond acceptors (Lipinski definition) is 5. The number of nitrogens with zero attached hydrogens (tertiary/aromatic N) is 1. The van der Waals surface area contributed by atoms with E-state index in [9.17, 15) is 10.1 Å². The van der Waals surface area contributed by atoms with Crippen LogP contribution in [0.1, 0.15) is 23.6 Å². The Morgan fingerprint density at radius 1 is 0.951 bits per heavy atom. The molecular weight excluding hydrogens is 627 g/mol. The van der Waals surface area contributed by atoms with Crippen LogP contribution >= 0.6 is 39.1 Å². The van der Waals surface area contributed by atoms with Gasteiger partial charge in [0.15, 0.2) is 11.5 Å². The van der Waals surface area contributed by atoms with Crippen LogP contribution in [0.2, 0.25) is 10.0 Å². The molecule has 4 aromatic carbocycles. The summed E-state index contributed by atoms with van der Waals surface area (Å²) in [4.78, 5) is 12.9. The first-order valence-corrected chi connectivity index (χ1v) is 14.1. The number of nitrogens with one attached hydrogen (secondary N) is 1. The minimum absolute atomic E-state index is 0.0741. The maximum atomic E-state index is 12.9. The summed E-state index contributed by atoms with van der Waals surface area (Å²) < 4.78 is 18.2. The molecule has 0 spiro atoms. The first-order valence-electron chi connectivity index (χ1n) is 12.6. The lowest BCUT2D eigenvalue weighted by Crippen LogP contribution is -2.13. The number of halogens is 3. The van der Waals surface area contributed by atoms with E-state index in [4.69, 9.17) is 37.4 Å². The van der Waals surface area contributed by atoms with Gasteiger partial charge in [-0.2, -0.15) is 5.26 Å². The van der Waals surface area contributed by atoms with Gasteiger partial charge in [0, 0.05) is 21.3 Å². The van der Waals surface area contributed by atoms with Crippen molar-refractivity contribution in [2.24, 2.45) is 0 Å². The highest BCUT2D eigenvalue weighted by molar-refractivity contribution is 9.10. The molecule has 0 radical (unpaired) electrons. The normalized spacial score (nSPS) is 11.0. The second kappa shape index (κ2) is 14.6. The van der Waals surface area contributed by atoms with Crippen molar-refractivity contribution in [1.82, 2.24) is 0 Å². The minimum atomic E-state index is -0.549. The van der Waals surface area contributed by atoms with Gasteiger partial charge in [-0.05, 0) is 88.6 Å². The summed E-state index contributed by atoms with van der Waals surface area (Å²) in [6.07, 6.45) is 1.50. The van der Waals surface area contributed by atoms with Crippen molar-refractivity contribution in [3.05, 3.63) is 122 Å². The largest absolute Gasteiger partial charge is 0.490 e. The quantitative estimate of drug-likeness (QED) is 0.129. The lowest BCUT2D eigenvalue weighted by molar-refractivity contribution is -0.112. The molecule has 0 aliphatic rings. The molecular formula is C32H25BrCl2N2O4. The Morgan fingerprint density at radius 3 is 2.39 bits per heavy atom. The van der Waals surface area contributed by atoms with Crippen LogP contribution in [0.25, 0.3) is 6.08 Å². The van der Waals surface area contributed by atoms with Crippen molar-refractivity contribution in [3.63, 3.8) is 0 Å². The van der Waals surface area contributed by atoms with Crippen LogP contribution in [-0.4, -0.2) is 12.5 Å². The average Bonchev–Trinajstić information content (AvgIpc) is 2.96. The molecule has 9 heteroatoms. The Balaban J connectivity index is 1.43. The Labute approximate surface area is 257 Å². The van der Waals surface area contributed by atoms with Crippen LogP contribution in [0, 0.1) is 11.3 Å². The van der Waals surface area contributed by atoms with Gasteiger partial charge in [0.2, 0.25) is 0 Å². The molecule has 1 amide bonds. The predicted molar refractivity (Wildman–Crippen MR) is 166 cm³/mol. The number of hydrogen-bond donors (Lipinski definition) is 1. The zero-order valence-electron chi connectivity index (χ0n) is 22.0. The molecule has 0 unspecified atom stereocenters. The molecule has 41 heavy (non-hydrogen) atoms. The fraction of sp³-hybridized carbons (Fsp3) is 0.125. The molecule has 0 atom stereocenters. The monoisotopic (exact) mass is 650 g/mol. The maximum Gasteiger partial charge on any atom is 0.266 e. The topological polar surface area (TPSA) is 80.6 Å². The lowest BCUT2D eigenvalue weighted by atomic mass is 10.1.